The predicted molar refractivity (Wildman–Crippen MR) is 96.8 cm³/mol. The molecule has 0 heterocycles. The van der Waals surface area contributed by atoms with E-state index in [-0.39, 0.29) is 30.5 Å². The molecule has 1 unspecified atom stereocenters. The lowest BCUT2D eigenvalue weighted by molar-refractivity contribution is 0.0482. The summed E-state index contributed by atoms with van der Waals surface area (Å²) in [5.41, 5.74) is 2.71. The second kappa shape index (κ2) is 7.18. The summed E-state index contributed by atoms with van der Waals surface area (Å²) in [4.78, 5) is 15.3. The van der Waals surface area contributed by atoms with Crippen LogP contribution in [0.15, 0.2) is 54.6 Å². The van der Waals surface area contributed by atoms with Gasteiger partial charge in [0.1, 0.15) is 0 Å². The molecule has 0 bridgehead atoms. The van der Waals surface area contributed by atoms with Crippen LogP contribution in [-0.4, -0.2) is 34.6 Å². The molecule has 24 heavy (non-hydrogen) atoms. The molecule has 0 saturated heterocycles. The average molecular weight is 323 g/mol. The molecule has 1 amide bonds. The van der Waals surface area contributed by atoms with Crippen molar-refractivity contribution in [2.45, 2.75) is 38.8 Å². The number of rotatable bonds is 6. The topological polar surface area (TPSA) is 40.5 Å². The minimum absolute atomic E-state index is 0.00735. The molecular formula is C21H25NO2. The van der Waals surface area contributed by atoms with E-state index in [1.807, 2.05) is 59.5 Å². The van der Waals surface area contributed by atoms with E-state index in [2.05, 4.69) is 13.8 Å². The fourth-order valence-electron chi connectivity index (χ4n) is 3.24. The molecule has 1 aliphatic carbocycles. The van der Waals surface area contributed by atoms with Crippen LogP contribution in [0.4, 0.5) is 0 Å². The SMILES string of the molecule is CC(C)C(CO)N(C(=O)c1ccccc1-c1ccccc1)C1CC1. The van der Waals surface area contributed by atoms with Gasteiger partial charge >= 0.3 is 0 Å². The molecule has 0 aromatic heterocycles. The van der Waals surface area contributed by atoms with Crippen molar-refractivity contribution in [1.29, 1.82) is 0 Å². The van der Waals surface area contributed by atoms with Crippen LogP contribution in [0, 0.1) is 5.92 Å². The Labute approximate surface area is 143 Å². The van der Waals surface area contributed by atoms with Gasteiger partial charge in [-0.1, -0.05) is 62.4 Å². The number of aliphatic hydroxyl groups excluding tert-OH is 1. The third kappa shape index (κ3) is 3.36. The zero-order chi connectivity index (χ0) is 17.1. The van der Waals surface area contributed by atoms with Gasteiger partial charge in [-0.25, -0.2) is 0 Å². The standard InChI is InChI=1S/C21H25NO2/c1-15(2)20(14-23)22(17-12-13-17)21(24)19-11-7-6-10-18(19)16-8-4-3-5-9-16/h3-11,15,17,20,23H,12-14H2,1-2H3. The van der Waals surface area contributed by atoms with Crippen molar-refractivity contribution in [3.63, 3.8) is 0 Å². The van der Waals surface area contributed by atoms with Crippen molar-refractivity contribution < 1.29 is 9.90 Å². The van der Waals surface area contributed by atoms with Crippen LogP contribution in [-0.2, 0) is 0 Å². The van der Waals surface area contributed by atoms with E-state index in [4.69, 9.17) is 0 Å². The fraction of sp³-hybridized carbons (Fsp3) is 0.381. The molecule has 0 radical (unpaired) electrons. The number of carbonyl (C=O) groups is 1. The Morgan fingerprint density at radius 2 is 1.71 bits per heavy atom. The van der Waals surface area contributed by atoms with Crippen LogP contribution in [0.25, 0.3) is 11.1 Å². The highest BCUT2D eigenvalue weighted by atomic mass is 16.3. The summed E-state index contributed by atoms with van der Waals surface area (Å²) in [6.07, 6.45) is 2.06. The molecule has 1 atom stereocenters. The van der Waals surface area contributed by atoms with E-state index in [0.717, 1.165) is 29.5 Å². The molecule has 0 spiro atoms. The van der Waals surface area contributed by atoms with E-state index in [9.17, 15) is 9.90 Å². The lowest BCUT2D eigenvalue weighted by atomic mass is 9.96. The molecule has 126 valence electrons. The van der Waals surface area contributed by atoms with E-state index in [1.165, 1.54) is 0 Å². The highest BCUT2D eigenvalue weighted by molar-refractivity contribution is 6.01. The maximum atomic E-state index is 13.3. The minimum Gasteiger partial charge on any atom is -0.394 e. The van der Waals surface area contributed by atoms with Crippen LogP contribution < -0.4 is 0 Å². The lowest BCUT2D eigenvalue weighted by Crippen LogP contribution is -2.47. The molecule has 1 aliphatic rings. The molecule has 1 saturated carbocycles. The Balaban J connectivity index is 2.00. The first-order chi connectivity index (χ1) is 11.6. The highest BCUT2D eigenvalue weighted by Crippen LogP contribution is 2.34. The Kier molecular flexibility index (Phi) is 5.00. The summed E-state index contributed by atoms with van der Waals surface area (Å²) in [5, 5.41) is 9.83. The van der Waals surface area contributed by atoms with Crippen molar-refractivity contribution in [2.75, 3.05) is 6.61 Å². The molecule has 0 aliphatic heterocycles. The van der Waals surface area contributed by atoms with Crippen LogP contribution in [0.5, 0.6) is 0 Å². The van der Waals surface area contributed by atoms with Crippen molar-refractivity contribution in [3.05, 3.63) is 60.2 Å². The van der Waals surface area contributed by atoms with Gasteiger partial charge in [0.2, 0.25) is 0 Å². The molecule has 1 N–H and O–H groups in total. The van der Waals surface area contributed by atoms with Crippen LogP contribution in [0.1, 0.15) is 37.0 Å². The molecular weight excluding hydrogens is 298 g/mol. The summed E-state index contributed by atoms with van der Waals surface area (Å²) in [6.45, 7) is 4.13. The third-order valence-corrected chi connectivity index (χ3v) is 4.73. The monoisotopic (exact) mass is 323 g/mol. The normalized spacial score (nSPS) is 15.3. The number of benzene rings is 2. The largest absolute Gasteiger partial charge is 0.394 e. The van der Waals surface area contributed by atoms with Crippen LogP contribution in [0.2, 0.25) is 0 Å². The third-order valence-electron chi connectivity index (χ3n) is 4.73. The van der Waals surface area contributed by atoms with Crippen molar-refractivity contribution >= 4 is 5.91 Å². The number of aliphatic hydroxyl groups is 1. The molecule has 2 aromatic carbocycles. The number of nitrogens with zero attached hydrogens (tertiary/aromatic N) is 1. The predicted octanol–water partition coefficient (Wildman–Crippen LogP) is 3.98. The molecule has 3 nitrogen and oxygen atoms in total. The van der Waals surface area contributed by atoms with Crippen molar-refractivity contribution in [2.24, 2.45) is 5.92 Å². The van der Waals surface area contributed by atoms with Gasteiger partial charge in [0.25, 0.3) is 5.91 Å². The first kappa shape index (κ1) is 16.7. The quantitative estimate of drug-likeness (QED) is 0.873. The zero-order valence-corrected chi connectivity index (χ0v) is 14.4. The van der Waals surface area contributed by atoms with Gasteiger partial charge in [-0.05, 0) is 36.0 Å². The van der Waals surface area contributed by atoms with Gasteiger partial charge in [-0.3, -0.25) is 4.79 Å². The Morgan fingerprint density at radius 1 is 1.08 bits per heavy atom. The van der Waals surface area contributed by atoms with Gasteiger partial charge in [-0.2, -0.15) is 0 Å². The van der Waals surface area contributed by atoms with Crippen LogP contribution in [0.3, 0.4) is 0 Å². The molecule has 1 fully saturated rings. The van der Waals surface area contributed by atoms with E-state index in [1.54, 1.807) is 0 Å². The van der Waals surface area contributed by atoms with Gasteiger partial charge in [-0.15, -0.1) is 0 Å². The van der Waals surface area contributed by atoms with E-state index in [0.29, 0.717) is 0 Å². The first-order valence-electron chi connectivity index (χ1n) is 8.71. The summed E-state index contributed by atoms with van der Waals surface area (Å²) >= 11 is 0. The van der Waals surface area contributed by atoms with Gasteiger partial charge in [0.05, 0.1) is 12.6 Å². The van der Waals surface area contributed by atoms with E-state index >= 15 is 0 Å². The van der Waals surface area contributed by atoms with Crippen molar-refractivity contribution in [1.82, 2.24) is 4.90 Å². The van der Waals surface area contributed by atoms with Gasteiger partial charge < -0.3 is 10.0 Å². The summed E-state index contributed by atoms with van der Waals surface area (Å²) < 4.78 is 0. The Bertz CT molecular complexity index is 692. The summed E-state index contributed by atoms with van der Waals surface area (Å²) in [7, 11) is 0. The Morgan fingerprint density at radius 3 is 2.29 bits per heavy atom. The second-order valence-electron chi connectivity index (χ2n) is 6.85. The first-order valence-corrected chi connectivity index (χ1v) is 8.71. The zero-order valence-electron chi connectivity index (χ0n) is 14.4. The van der Waals surface area contributed by atoms with E-state index < -0.39 is 0 Å². The average Bonchev–Trinajstić information content (AvgIpc) is 3.44. The second-order valence-corrected chi connectivity index (χ2v) is 6.85. The maximum absolute atomic E-state index is 13.3. The summed E-state index contributed by atoms with van der Waals surface area (Å²) in [5.74, 6) is 0.258. The molecule has 3 rings (SSSR count). The maximum Gasteiger partial charge on any atom is 0.255 e. The van der Waals surface area contributed by atoms with Crippen LogP contribution >= 0.6 is 0 Å². The minimum atomic E-state index is -0.131. The lowest BCUT2D eigenvalue weighted by Gasteiger charge is -2.34. The van der Waals surface area contributed by atoms with Gasteiger partial charge in [0, 0.05) is 11.6 Å². The smallest absolute Gasteiger partial charge is 0.255 e. The number of hydrogen-bond donors (Lipinski definition) is 1. The molecule has 3 heteroatoms. The van der Waals surface area contributed by atoms with Crippen molar-refractivity contribution in [3.8, 4) is 11.1 Å². The summed E-state index contributed by atoms with van der Waals surface area (Å²) in [6, 6.07) is 17.9. The number of carbonyl (C=O) groups excluding carboxylic acids is 1. The number of hydrogen-bond acceptors (Lipinski definition) is 2. The fourth-order valence-corrected chi connectivity index (χ4v) is 3.24. The highest BCUT2D eigenvalue weighted by Gasteiger charge is 2.39. The number of amides is 1. The van der Waals surface area contributed by atoms with Gasteiger partial charge in [0.15, 0.2) is 0 Å². The Hall–Kier alpha value is -2.13. The molecule has 2 aromatic rings.